The molecular formula is C18H28Cl2N4O2. The first-order chi connectivity index (χ1) is 11.6. The number of hydrogen-bond acceptors (Lipinski definition) is 4. The summed E-state index contributed by atoms with van der Waals surface area (Å²) in [5.74, 6) is -0.189. The molecule has 1 atom stereocenters. The van der Waals surface area contributed by atoms with Gasteiger partial charge in [-0.1, -0.05) is 12.1 Å². The second-order valence-corrected chi connectivity index (χ2v) is 6.73. The van der Waals surface area contributed by atoms with Gasteiger partial charge in [0.05, 0.1) is 11.4 Å². The zero-order valence-corrected chi connectivity index (χ0v) is 16.4. The van der Waals surface area contributed by atoms with Crippen molar-refractivity contribution in [2.45, 2.75) is 38.1 Å². The third kappa shape index (κ3) is 5.76. The number of nitrogens with two attached hydrogens (primary N) is 1. The normalized spacial score (nSPS) is 20.0. The van der Waals surface area contributed by atoms with Crippen LogP contribution in [0.25, 0.3) is 0 Å². The zero-order valence-electron chi connectivity index (χ0n) is 14.8. The van der Waals surface area contributed by atoms with Gasteiger partial charge in [0.1, 0.15) is 0 Å². The fourth-order valence-electron chi connectivity index (χ4n) is 3.62. The van der Waals surface area contributed by atoms with E-state index in [0.29, 0.717) is 12.5 Å². The predicted molar refractivity (Wildman–Crippen MR) is 109 cm³/mol. The van der Waals surface area contributed by atoms with E-state index >= 15 is 0 Å². The van der Waals surface area contributed by atoms with Crippen molar-refractivity contribution < 1.29 is 9.59 Å². The van der Waals surface area contributed by atoms with Crippen molar-refractivity contribution in [3.8, 4) is 0 Å². The minimum atomic E-state index is -0.208. The molecule has 2 heterocycles. The Morgan fingerprint density at radius 2 is 1.85 bits per heavy atom. The molecule has 2 amide bonds. The van der Waals surface area contributed by atoms with E-state index in [0.717, 1.165) is 56.7 Å². The highest BCUT2D eigenvalue weighted by atomic mass is 35.5. The van der Waals surface area contributed by atoms with Crippen LogP contribution in [0.4, 0.5) is 11.4 Å². The van der Waals surface area contributed by atoms with Crippen molar-refractivity contribution in [1.29, 1.82) is 0 Å². The summed E-state index contributed by atoms with van der Waals surface area (Å²) in [5, 5.41) is 6.41. The highest BCUT2D eigenvalue weighted by Gasteiger charge is 2.25. The summed E-state index contributed by atoms with van der Waals surface area (Å²) in [6.07, 6.45) is 4.25. The van der Waals surface area contributed by atoms with E-state index in [1.807, 2.05) is 24.3 Å². The summed E-state index contributed by atoms with van der Waals surface area (Å²) < 4.78 is 0. The molecule has 8 heteroatoms. The van der Waals surface area contributed by atoms with Gasteiger partial charge >= 0.3 is 0 Å². The number of rotatable bonds is 5. The first kappa shape index (κ1) is 22.5. The van der Waals surface area contributed by atoms with E-state index in [9.17, 15) is 9.59 Å². The summed E-state index contributed by atoms with van der Waals surface area (Å²) in [6.45, 7) is 2.57. The van der Waals surface area contributed by atoms with Crippen molar-refractivity contribution in [3.63, 3.8) is 0 Å². The van der Waals surface area contributed by atoms with Crippen LogP contribution >= 0.6 is 24.8 Å². The number of primary amides is 1. The molecule has 0 radical (unpaired) electrons. The Hall–Kier alpha value is -1.50. The Balaban J connectivity index is 0.00000169. The molecule has 2 fully saturated rings. The minimum Gasteiger partial charge on any atom is -0.370 e. The summed E-state index contributed by atoms with van der Waals surface area (Å²) in [7, 11) is 0. The molecule has 1 aromatic carbocycles. The van der Waals surface area contributed by atoms with Crippen LogP contribution in [0.3, 0.4) is 0 Å². The Morgan fingerprint density at radius 1 is 1.15 bits per heavy atom. The van der Waals surface area contributed by atoms with Crippen LogP contribution in [-0.2, 0) is 9.59 Å². The molecule has 1 unspecified atom stereocenters. The maximum atomic E-state index is 12.3. The quantitative estimate of drug-likeness (QED) is 0.704. The van der Waals surface area contributed by atoms with Crippen LogP contribution in [0, 0.1) is 5.92 Å². The molecule has 0 aliphatic carbocycles. The van der Waals surface area contributed by atoms with Gasteiger partial charge in [-0.3, -0.25) is 9.59 Å². The number of para-hydroxylation sites is 2. The Morgan fingerprint density at radius 3 is 2.46 bits per heavy atom. The van der Waals surface area contributed by atoms with Gasteiger partial charge in [0.25, 0.3) is 0 Å². The van der Waals surface area contributed by atoms with E-state index < -0.39 is 0 Å². The molecule has 0 spiro atoms. The summed E-state index contributed by atoms with van der Waals surface area (Å²) in [6, 6.07) is 8.17. The molecule has 0 saturated carbocycles. The van der Waals surface area contributed by atoms with Gasteiger partial charge in [-0.25, -0.2) is 0 Å². The lowest BCUT2D eigenvalue weighted by Crippen LogP contribution is -2.39. The van der Waals surface area contributed by atoms with Gasteiger partial charge in [0.2, 0.25) is 11.8 Å². The van der Waals surface area contributed by atoms with E-state index in [4.69, 9.17) is 5.73 Å². The molecule has 1 aromatic rings. The smallest absolute Gasteiger partial charge is 0.225 e. The molecule has 2 aliphatic heterocycles. The Bertz CT molecular complexity index is 601. The van der Waals surface area contributed by atoms with E-state index in [2.05, 4.69) is 15.5 Å². The van der Waals surface area contributed by atoms with Crippen LogP contribution in [0.1, 0.15) is 32.1 Å². The monoisotopic (exact) mass is 402 g/mol. The lowest BCUT2D eigenvalue weighted by molar-refractivity contribution is -0.122. The van der Waals surface area contributed by atoms with Crippen LogP contribution in [0.15, 0.2) is 24.3 Å². The molecule has 0 bridgehead atoms. The van der Waals surface area contributed by atoms with Gasteiger partial charge in [-0.15, -0.1) is 24.8 Å². The van der Waals surface area contributed by atoms with Gasteiger partial charge < -0.3 is 21.3 Å². The van der Waals surface area contributed by atoms with Crippen molar-refractivity contribution >= 4 is 48.0 Å². The van der Waals surface area contributed by atoms with Crippen molar-refractivity contribution in [1.82, 2.24) is 5.32 Å². The molecule has 2 saturated heterocycles. The second-order valence-electron chi connectivity index (χ2n) is 6.73. The van der Waals surface area contributed by atoms with E-state index in [-0.39, 0.29) is 42.5 Å². The molecule has 0 aromatic heterocycles. The Labute approximate surface area is 167 Å². The van der Waals surface area contributed by atoms with Crippen molar-refractivity contribution in [3.05, 3.63) is 24.3 Å². The maximum absolute atomic E-state index is 12.3. The van der Waals surface area contributed by atoms with Gasteiger partial charge in [-0.05, 0) is 44.4 Å². The Kier molecular flexibility index (Phi) is 9.19. The first-order valence-electron chi connectivity index (χ1n) is 8.80. The molecule has 26 heavy (non-hydrogen) atoms. The first-order valence-corrected chi connectivity index (χ1v) is 8.80. The van der Waals surface area contributed by atoms with Crippen LogP contribution in [0.5, 0.6) is 0 Å². The molecule has 6 nitrogen and oxygen atoms in total. The number of carbonyl (C=O) groups is 2. The fraction of sp³-hybridized carbons (Fsp3) is 0.556. The third-order valence-corrected chi connectivity index (χ3v) is 5.01. The summed E-state index contributed by atoms with van der Waals surface area (Å²) >= 11 is 0. The summed E-state index contributed by atoms with van der Waals surface area (Å²) in [4.78, 5) is 25.9. The van der Waals surface area contributed by atoms with Crippen LogP contribution < -0.4 is 21.3 Å². The molecule has 4 N–H and O–H groups in total. The number of nitrogens with zero attached hydrogens (tertiary/aromatic N) is 1. The molecule has 146 valence electrons. The lowest BCUT2D eigenvalue weighted by atomic mass is 9.96. The maximum Gasteiger partial charge on any atom is 0.225 e. The van der Waals surface area contributed by atoms with Crippen molar-refractivity contribution in [2.24, 2.45) is 11.7 Å². The number of amides is 2. The fourth-order valence-corrected chi connectivity index (χ4v) is 3.62. The molecular weight excluding hydrogens is 375 g/mol. The summed E-state index contributed by atoms with van der Waals surface area (Å²) in [5.41, 5.74) is 7.27. The van der Waals surface area contributed by atoms with Crippen LogP contribution in [0.2, 0.25) is 0 Å². The number of benzene rings is 1. The van der Waals surface area contributed by atoms with Gasteiger partial charge in [-0.2, -0.15) is 0 Å². The number of carbonyl (C=O) groups excluding carboxylic acids is 2. The van der Waals surface area contributed by atoms with Crippen LogP contribution in [-0.4, -0.2) is 37.5 Å². The number of hydrogen-bond donors (Lipinski definition) is 3. The lowest BCUT2D eigenvalue weighted by Gasteiger charge is -2.33. The average molecular weight is 403 g/mol. The number of piperidine rings is 1. The highest BCUT2D eigenvalue weighted by Crippen LogP contribution is 2.30. The molecule has 3 rings (SSSR count). The van der Waals surface area contributed by atoms with E-state index in [1.54, 1.807) is 0 Å². The number of halogens is 2. The highest BCUT2D eigenvalue weighted by molar-refractivity contribution is 5.94. The number of anilines is 2. The topological polar surface area (TPSA) is 87.5 Å². The SMILES string of the molecule is Cl.Cl.NC(=O)C1CCN(c2ccccc2NC(=O)CC2CCCN2)CC1. The largest absolute Gasteiger partial charge is 0.370 e. The zero-order chi connectivity index (χ0) is 16.9. The van der Waals surface area contributed by atoms with E-state index in [1.165, 1.54) is 0 Å². The predicted octanol–water partition coefficient (Wildman–Crippen LogP) is 2.31. The average Bonchev–Trinajstić information content (AvgIpc) is 3.08. The third-order valence-electron chi connectivity index (χ3n) is 5.01. The van der Waals surface area contributed by atoms with Crippen molar-refractivity contribution in [2.75, 3.05) is 29.9 Å². The number of nitrogens with one attached hydrogen (secondary N) is 2. The van der Waals surface area contributed by atoms with Gasteiger partial charge in [0.15, 0.2) is 0 Å². The minimum absolute atomic E-state index is 0. The second kappa shape index (κ2) is 10.6. The standard InChI is InChI=1S/C18H26N4O2.2ClH/c19-18(24)13-7-10-22(11-8-13)16-6-2-1-5-15(16)21-17(23)12-14-4-3-9-20-14;;/h1-2,5-6,13-14,20H,3-4,7-12H2,(H2,19,24)(H,21,23);2*1H. The van der Waals surface area contributed by atoms with Gasteiger partial charge in [0, 0.05) is 31.5 Å². The molecule has 2 aliphatic rings.